The molecule has 0 N–H and O–H groups in total. The largest absolute Gasteiger partial charge is 0.228 e. The first kappa shape index (κ1) is 27.2. The van der Waals surface area contributed by atoms with Gasteiger partial charge in [-0.25, -0.2) is 9.97 Å². The number of hydrogen-bond acceptors (Lipinski definition) is 3. The van der Waals surface area contributed by atoms with Crippen LogP contribution >= 0.6 is 11.3 Å². The van der Waals surface area contributed by atoms with E-state index in [1.807, 2.05) is 11.3 Å². The Kier molecular flexibility index (Phi) is 5.41. The average molecular weight is 637 g/mol. The normalized spacial score (nSPS) is 15.1. The van der Waals surface area contributed by atoms with Gasteiger partial charge in [0.05, 0.1) is 11.2 Å². The average Bonchev–Trinajstić information content (AvgIpc) is 3.68. The quantitative estimate of drug-likeness (QED) is 0.177. The van der Waals surface area contributed by atoms with Gasteiger partial charge in [0, 0.05) is 47.7 Å². The van der Waals surface area contributed by atoms with Gasteiger partial charge in [-0.2, -0.15) is 0 Å². The second-order valence-corrected chi connectivity index (χ2v) is 19.5. The highest BCUT2D eigenvalue weighted by molar-refractivity contribution is 7.26. The van der Waals surface area contributed by atoms with Crippen LogP contribution in [0.3, 0.4) is 0 Å². The molecule has 6 aromatic carbocycles. The number of aromatic nitrogens is 2. The van der Waals surface area contributed by atoms with Crippen LogP contribution in [0.25, 0.3) is 76.0 Å². The first-order chi connectivity index (χ1) is 22.8. The van der Waals surface area contributed by atoms with E-state index in [1.165, 1.54) is 63.9 Å². The minimum Gasteiger partial charge on any atom is -0.228 e. The van der Waals surface area contributed by atoms with E-state index in [4.69, 9.17) is 9.97 Å². The maximum absolute atomic E-state index is 5.52. The highest BCUT2D eigenvalue weighted by atomic mass is 32.1. The van der Waals surface area contributed by atoms with Crippen molar-refractivity contribution in [3.8, 4) is 44.9 Å². The van der Waals surface area contributed by atoms with Crippen LogP contribution in [0.2, 0.25) is 13.1 Å². The Hall–Kier alpha value is -4.90. The third-order valence-electron chi connectivity index (χ3n) is 10.9. The first-order valence-corrected chi connectivity index (χ1v) is 20.2. The third-order valence-corrected chi connectivity index (χ3v) is 15.6. The van der Waals surface area contributed by atoms with E-state index in [-0.39, 0.29) is 5.41 Å². The van der Waals surface area contributed by atoms with E-state index in [1.54, 1.807) is 0 Å². The topological polar surface area (TPSA) is 25.8 Å². The molecule has 0 saturated carbocycles. The van der Waals surface area contributed by atoms with E-state index in [2.05, 4.69) is 148 Å². The Balaban J connectivity index is 1.26. The summed E-state index contributed by atoms with van der Waals surface area (Å²) < 4.78 is 2.71. The van der Waals surface area contributed by atoms with Gasteiger partial charge in [-0.1, -0.05) is 136 Å². The van der Waals surface area contributed by atoms with Gasteiger partial charge < -0.3 is 0 Å². The molecule has 1 aliphatic carbocycles. The van der Waals surface area contributed by atoms with E-state index < -0.39 is 8.07 Å². The molecule has 0 atom stereocenters. The Morgan fingerprint density at radius 2 is 1.34 bits per heavy atom. The summed E-state index contributed by atoms with van der Waals surface area (Å²) in [7, 11) is -2.01. The zero-order chi connectivity index (χ0) is 31.7. The van der Waals surface area contributed by atoms with Crippen LogP contribution in [-0.2, 0) is 5.41 Å². The minimum absolute atomic E-state index is 0.0881. The van der Waals surface area contributed by atoms with Crippen LogP contribution in [0.15, 0.2) is 121 Å². The van der Waals surface area contributed by atoms with Crippen molar-refractivity contribution in [1.29, 1.82) is 0 Å². The number of hydrogen-bond donors (Lipinski definition) is 0. The van der Waals surface area contributed by atoms with Crippen molar-refractivity contribution >= 4 is 60.9 Å². The maximum Gasteiger partial charge on any atom is 0.160 e. The van der Waals surface area contributed by atoms with Gasteiger partial charge in [0.25, 0.3) is 0 Å². The zero-order valence-corrected chi connectivity index (χ0v) is 28.7. The van der Waals surface area contributed by atoms with Crippen molar-refractivity contribution in [2.75, 3.05) is 0 Å². The Morgan fingerprint density at radius 1 is 0.596 bits per heavy atom. The van der Waals surface area contributed by atoms with Gasteiger partial charge >= 0.3 is 0 Å². The summed E-state index contributed by atoms with van der Waals surface area (Å²) in [5.41, 5.74) is 12.4. The van der Waals surface area contributed by atoms with Gasteiger partial charge in [-0.15, -0.1) is 11.3 Å². The van der Waals surface area contributed by atoms with Gasteiger partial charge in [0.2, 0.25) is 0 Å². The fourth-order valence-electron chi connectivity index (χ4n) is 8.55. The fourth-order valence-corrected chi connectivity index (χ4v) is 13.2. The highest BCUT2D eigenvalue weighted by Crippen LogP contribution is 2.54. The Morgan fingerprint density at radius 3 is 2.21 bits per heavy atom. The van der Waals surface area contributed by atoms with Crippen molar-refractivity contribution in [1.82, 2.24) is 9.97 Å². The molecule has 0 spiro atoms. The lowest BCUT2D eigenvalue weighted by Crippen LogP contribution is -2.49. The van der Waals surface area contributed by atoms with Gasteiger partial charge in [0.15, 0.2) is 5.82 Å². The van der Waals surface area contributed by atoms with Crippen molar-refractivity contribution < 1.29 is 0 Å². The van der Waals surface area contributed by atoms with Crippen LogP contribution in [0, 0.1) is 0 Å². The van der Waals surface area contributed by atoms with E-state index in [0.717, 1.165) is 33.5 Å². The molecule has 3 heterocycles. The summed E-state index contributed by atoms with van der Waals surface area (Å²) in [6.45, 7) is 9.69. The Labute approximate surface area is 279 Å². The van der Waals surface area contributed by atoms with Crippen molar-refractivity contribution in [2.24, 2.45) is 0 Å². The number of fused-ring (bicyclic) bond motifs is 12. The van der Waals surface area contributed by atoms with Gasteiger partial charge in [0.1, 0.15) is 8.07 Å². The van der Waals surface area contributed by atoms with Crippen molar-refractivity contribution in [2.45, 2.75) is 32.4 Å². The van der Waals surface area contributed by atoms with Crippen LogP contribution in [0.5, 0.6) is 0 Å². The summed E-state index contributed by atoms with van der Waals surface area (Å²) >= 11 is 1.92. The number of benzene rings is 6. The second-order valence-electron chi connectivity index (χ2n) is 14.2. The van der Waals surface area contributed by atoms with E-state index in [0.29, 0.717) is 0 Å². The van der Waals surface area contributed by atoms with Crippen LogP contribution in [-0.4, -0.2) is 18.0 Å². The molecule has 2 nitrogen and oxygen atoms in total. The van der Waals surface area contributed by atoms with Gasteiger partial charge in [-0.3, -0.25) is 0 Å². The van der Waals surface area contributed by atoms with Crippen LogP contribution < -0.4 is 10.4 Å². The monoisotopic (exact) mass is 636 g/mol. The minimum atomic E-state index is -2.01. The lowest BCUT2D eigenvalue weighted by atomic mass is 9.82. The second kappa shape index (κ2) is 9.34. The third kappa shape index (κ3) is 3.60. The molecule has 47 heavy (non-hydrogen) atoms. The van der Waals surface area contributed by atoms with E-state index in [9.17, 15) is 0 Å². The summed E-state index contributed by atoms with van der Waals surface area (Å²) in [5.74, 6) is 0.795. The first-order valence-electron chi connectivity index (χ1n) is 16.4. The molecule has 10 rings (SSSR count). The molecule has 0 saturated heterocycles. The lowest BCUT2D eigenvalue weighted by molar-refractivity contribution is 0.661. The summed E-state index contributed by atoms with van der Waals surface area (Å²) in [5, 5.41) is 6.73. The molecule has 0 bridgehead atoms. The SMILES string of the molecule is CC1(C)c2ccc(-c3nc(-c4ccccc4)c4ccc5c(c4n3)[Si](C)(C)c3ccccc3-5)cc2-c2c1ccc1c2sc2ccccc21. The van der Waals surface area contributed by atoms with Crippen molar-refractivity contribution in [3.63, 3.8) is 0 Å². The lowest BCUT2D eigenvalue weighted by Gasteiger charge is -2.22. The van der Waals surface area contributed by atoms with Crippen molar-refractivity contribution in [3.05, 3.63) is 132 Å². The molecule has 224 valence electrons. The molecule has 0 amide bonds. The highest BCUT2D eigenvalue weighted by Gasteiger charge is 2.40. The summed E-state index contributed by atoms with van der Waals surface area (Å²) in [4.78, 5) is 10.9. The molecule has 0 unspecified atom stereocenters. The molecule has 1 aliphatic heterocycles. The number of rotatable bonds is 2. The van der Waals surface area contributed by atoms with Crippen LogP contribution in [0.1, 0.15) is 25.0 Å². The smallest absolute Gasteiger partial charge is 0.160 e. The van der Waals surface area contributed by atoms with E-state index >= 15 is 0 Å². The van der Waals surface area contributed by atoms with Gasteiger partial charge in [-0.05, 0) is 50.3 Å². The molecule has 4 heteroatoms. The number of thiophene rings is 1. The predicted octanol–water partition coefficient (Wildman–Crippen LogP) is 10.4. The molecule has 2 aromatic heterocycles. The summed E-state index contributed by atoms with van der Waals surface area (Å²) in [6, 6.07) is 44.7. The zero-order valence-electron chi connectivity index (χ0n) is 26.8. The van der Waals surface area contributed by atoms with Crippen LogP contribution in [0.4, 0.5) is 0 Å². The maximum atomic E-state index is 5.52. The predicted molar refractivity (Wildman–Crippen MR) is 203 cm³/mol. The molecular formula is C43H32N2SSi. The molecule has 0 radical (unpaired) electrons. The Bertz CT molecular complexity index is 2630. The fraction of sp³-hybridized carbons (Fsp3) is 0.116. The molecule has 2 aliphatic rings. The molecule has 0 fully saturated rings. The standard InChI is InChI=1S/C43H32N2SSi/c1-43(2)33-22-18-26(24-32(33)37-34(43)23-21-29-27-14-8-10-16-35(27)46-40(29)37)42-44-38(25-12-6-5-7-13-25)31-20-19-30-28-15-9-11-17-36(28)47(3,4)41(30)39(31)45-42/h5-24H,1-4H3. The molecular weight excluding hydrogens is 605 g/mol. The number of nitrogens with zero attached hydrogens (tertiary/aromatic N) is 2. The molecule has 8 aromatic rings. The summed E-state index contributed by atoms with van der Waals surface area (Å²) in [6.07, 6.45) is 0.